The van der Waals surface area contributed by atoms with Gasteiger partial charge in [-0.05, 0) is 32.1 Å². The molecule has 0 aromatic heterocycles. The quantitative estimate of drug-likeness (QED) is 0.769. The van der Waals surface area contributed by atoms with Crippen LogP contribution in [-0.2, 0) is 4.79 Å². The Hall–Kier alpha value is -1.77. The minimum absolute atomic E-state index is 0.279. The molecule has 0 amide bonds. The molecule has 3 nitrogen and oxygen atoms in total. The minimum Gasteiger partial charge on any atom is -0.490 e. The van der Waals surface area contributed by atoms with Crippen LogP contribution in [0.25, 0.3) is 0 Å². The number of ether oxygens (including phenoxy) is 1. The van der Waals surface area contributed by atoms with Gasteiger partial charge in [0.25, 0.3) is 0 Å². The lowest BCUT2D eigenvalue weighted by molar-refractivity contribution is -0.132. The van der Waals surface area contributed by atoms with Crippen molar-refractivity contribution in [3.05, 3.63) is 41.5 Å². The van der Waals surface area contributed by atoms with Crippen LogP contribution >= 0.6 is 0 Å². The summed E-state index contributed by atoms with van der Waals surface area (Å²) in [6.07, 6.45) is 1.54. The van der Waals surface area contributed by atoms with Crippen molar-refractivity contribution in [2.24, 2.45) is 0 Å². The fourth-order valence-electron chi connectivity index (χ4n) is 0.985. The van der Waals surface area contributed by atoms with E-state index in [0.29, 0.717) is 5.57 Å². The number of benzene rings is 1. The molecule has 0 aliphatic heterocycles. The molecular formula is C12H14O3. The summed E-state index contributed by atoms with van der Waals surface area (Å²) >= 11 is 0. The van der Waals surface area contributed by atoms with E-state index in [1.54, 1.807) is 13.0 Å². The molecule has 0 aliphatic rings. The summed E-state index contributed by atoms with van der Waals surface area (Å²) in [6.45, 7) is 3.82. The van der Waals surface area contributed by atoms with Crippen molar-refractivity contribution < 1.29 is 14.6 Å². The van der Waals surface area contributed by atoms with Gasteiger partial charge in [0.05, 0.1) is 0 Å². The van der Waals surface area contributed by atoms with Gasteiger partial charge in [-0.1, -0.05) is 17.7 Å². The van der Waals surface area contributed by atoms with E-state index in [0.717, 1.165) is 5.75 Å². The Morgan fingerprint density at radius 3 is 2.53 bits per heavy atom. The molecule has 0 aliphatic carbocycles. The lowest BCUT2D eigenvalue weighted by Crippen LogP contribution is -2.00. The van der Waals surface area contributed by atoms with Crippen molar-refractivity contribution in [2.45, 2.75) is 13.8 Å². The maximum atomic E-state index is 10.5. The first-order valence-electron chi connectivity index (χ1n) is 4.69. The van der Waals surface area contributed by atoms with Crippen LogP contribution in [0.15, 0.2) is 35.9 Å². The molecule has 0 saturated heterocycles. The third-order valence-electron chi connectivity index (χ3n) is 2.00. The van der Waals surface area contributed by atoms with E-state index in [1.165, 1.54) is 5.56 Å². The van der Waals surface area contributed by atoms with E-state index >= 15 is 0 Å². The summed E-state index contributed by atoms with van der Waals surface area (Å²) in [4.78, 5) is 10.5. The zero-order valence-electron chi connectivity index (χ0n) is 8.86. The molecule has 1 aromatic carbocycles. The Labute approximate surface area is 89.0 Å². The molecule has 1 rings (SSSR count). The Morgan fingerprint density at radius 1 is 1.40 bits per heavy atom. The average molecular weight is 206 g/mol. The van der Waals surface area contributed by atoms with Gasteiger partial charge in [-0.2, -0.15) is 0 Å². The highest BCUT2D eigenvalue weighted by atomic mass is 16.5. The molecule has 0 atom stereocenters. The summed E-state index contributed by atoms with van der Waals surface area (Å²) in [6, 6.07) is 7.62. The van der Waals surface area contributed by atoms with Crippen LogP contribution in [0.2, 0.25) is 0 Å². The van der Waals surface area contributed by atoms with Gasteiger partial charge < -0.3 is 9.84 Å². The maximum absolute atomic E-state index is 10.5. The van der Waals surface area contributed by atoms with E-state index in [1.807, 2.05) is 31.2 Å². The van der Waals surface area contributed by atoms with E-state index < -0.39 is 5.97 Å². The van der Waals surface area contributed by atoms with E-state index in [-0.39, 0.29) is 6.61 Å². The van der Waals surface area contributed by atoms with Gasteiger partial charge in [-0.25, -0.2) is 4.79 Å². The van der Waals surface area contributed by atoms with E-state index in [9.17, 15) is 4.79 Å². The van der Waals surface area contributed by atoms with Gasteiger partial charge >= 0.3 is 5.97 Å². The van der Waals surface area contributed by atoms with Crippen LogP contribution in [0, 0.1) is 6.92 Å². The van der Waals surface area contributed by atoms with Crippen molar-refractivity contribution in [3.63, 3.8) is 0 Å². The lowest BCUT2D eigenvalue weighted by atomic mass is 10.2. The second-order valence-corrected chi connectivity index (χ2v) is 3.32. The molecule has 0 saturated carbocycles. The third kappa shape index (κ3) is 3.85. The summed E-state index contributed by atoms with van der Waals surface area (Å²) < 4.78 is 5.34. The highest BCUT2D eigenvalue weighted by Crippen LogP contribution is 2.11. The summed E-state index contributed by atoms with van der Waals surface area (Å²) in [5.41, 5.74) is 1.46. The molecule has 15 heavy (non-hydrogen) atoms. The van der Waals surface area contributed by atoms with Crippen LogP contribution in [0.1, 0.15) is 12.5 Å². The van der Waals surface area contributed by atoms with Crippen molar-refractivity contribution in [2.75, 3.05) is 6.61 Å². The second kappa shape index (κ2) is 5.20. The largest absolute Gasteiger partial charge is 0.490 e. The first-order valence-corrected chi connectivity index (χ1v) is 4.69. The molecule has 0 bridgehead atoms. The summed E-state index contributed by atoms with van der Waals surface area (Å²) in [7, 11) is 0. The van der Waals surface area contributed by atoms with Gasteiger partial charge in [0, 0.05) is 5.57 Å². The fourth-order valence-corrected chi connectivity index (χ4v) is 0.985. The van der Waals surface area contributed by atoms with Crippen molar-refractivity contribution in [1.29, 1.82) is 0 Å². The Kier molecular flexibility index (Phi) is 3.92. The van der Waals surface area contributed by atoms with Crippen LogP contribution in [0.5, 0.6) is 5.75 Å². The standard InChI is InChI=1S/C12H14O3/c1-9-3-5-11(6-4-9)15-8-7-10(2)12(13)14/h3-7H,8H2,1-2H3,(H,13,14). The Bertz CT molecular complexity index is 363. The van der Waals surface area contributed by atoms with E-state index in [4.69, 9.17) is 9.84 Å². The zero-order chi connectivity index (χ0) is 11.3. The smallest absolute Gasteiger partial charge is 0.331 e. The van der Waals surface area contributed by atoms with Gasteiger partial charge in [-0.3, -0.25) is 0 Å². The number of carboxylic acids is 1. The fraction of sp³-hybridized carbons (Fsp3) is 0.250. The SMILES string of the molecule is CC(=CCOc1ccc(C)cc1)C(=O)O. The molecular weight excluding hydrogens is 192 g/mol. The minimum atomic E-state index is -0.914. The monoisotopic (exact) mass is 206 g/mol. The van der Waals surface area contributed by atoms with E-state index in [2.05, 4.69) is 0 Å². The molecule has 1 aromatic rings. The highest BCUT2D eigenvalue weighted by Gasteiger charge is 1.98. The van der Waals surface area contributed by atoms with Gasteiger partial charge in [0.1, 0.15) is 12.4 Å². The number of hydrogen-bond acceptors (Lipinski definition) is 2. The van der Waals surface area contributed by atoms with Crippen LogP contribution in [0.3, 0.4) is 0 Å². The normalized spacial score (nSPS) is 11.2. The molecule has 80 valence electrons. The number of aryl methyl sites for hydroxylation is 1. The van der Waals surface area contributed by atoms with Gasteiger partial charge in [0.2, 0.25) is 0 Å². The molecule has 0 radical (unpaired) electrons. The van der Waals surface area contributed by atoms with Crippen molar-refractivity contribution in [3.8, 4) is 5.75 Å². The first-order chi connectivity index (χ1) is 7.09. The number of hydrogen-bond donors (Lipinski definition) is 1. The number of carboxylic acid groups (broad SMARTS) is 1. The predicted octanol–water partition coefficient (Wildman–Crippen LogP) is 2.40. The summed E-state index contributed by atoms with van der Waals surface area (Å²) in [5, 5.41) is 8.59. The van der Waals surface area contributed by atoms with Gasteiger partial charge in [-0.15, -0.1) is 0 Å². The first kappa shape index (κ1) is 11.3. The number of carbonyl (C=O) groups is 1. The molecule has 0 fully saturated rings. The average Bonchev–Trinajstić information content (AvgIpc) is 2.20. The number of rotatable bonds is 4. The van der Waals surface area contributed by atoms with Crippen LogP contribution < -0.4 is 4.74 Å². The predicted molar refractivity (Wildman–Crippen MR) is 58.1 cm³/mol. The highest BCUT2D eigenvalue weighted by molar-refractivity contribution is 5.85. The molecule has 0 unspecified atom stereocenters. The second-order valence-electron chi connectivity index (χ2n) is 3.32. The lowest BCUT2D eigenvalue weighted by Gasteiger charge is -2.03. The van der Waals surface area contributed by atoms with Crippen LogP contribution in [0.4, 0.5) is 0 Å². The Morgan fingerprint density at radius 2 is 2.00 bits per heavy atom. The van der Waals surface area contributed by atoms with Crippen molar-refractivity contribution >= 4 is 5.97 Å². The summed E-state index contributed by atoms with van der Waals surface area (Å²) in [5.74, 6) is -0.169. The van der Waals surface area contributed by atoms with Gasteiger partial charge in [0.15, 0.2) is 0 Å². The third-order valence-corrected chi connectivity index (χ3v) is 2.00. The van der Waals surface area contributed by atoms with Crippen LogP contribution in [-0.4, -0.2) is 17.7 Å². The number of aliphatic carboxylic acids is 1. The molecule has 0 spiro atoms. The Balaban J connectivity index is 2.48. The molecule has 3 heteroatoms. The molecule has 0 heterocycles. The van der Waals surface area contributed by atoms with Crippen molar-refractivity contribution in [1.82, 2.24) is 0 Å². The molecule has 1 N–H and O–H groups in total. The maximum Gasteiger partial charge on any atom is 0.331 e. The zero-order valence-corrected chi connectivity index (χ0v) is 8.86. The topological polar surface area (TPSA) is 46.5 Å².